The van der Waals surface area contributed by atoms with E-state index in [-0.39, 0.29) is 19.6 Å². The summed E-state index contributed by atoms with van der Waals surface area (Å²) < 4.78 is 25.7. The van der Waals surface area contributed by atoms with Gasteiger partial charge in [-0.2, -0.15) is 0 Å². The van der Waals surface area contributed by atoms with Gasteiger partial charge in [0.1, 0.15) is 18.2 Å². The zero-order chi connectivity index (χ0) is 34.9. The van der Waals surface area contributed by atoms with Crippen LogP contribution in [0.15, 0.2) is 60.7 Å². The molecule has 2 aromatic rings. The van der Waals surface area contributed by atoms with Crippen molar-refractivity contribution in [3.63, 3.8) is 0 Å². The van der Waals surface area contributed by atoms with Crippen molar-refractivity contribution in [1.82, 2.24) is 5.06 Å². The van der Waals surface area contributed by atoms with Crippen LogP contribution in [0, 0.1) is 5.41 Å². The summed E-state index contributed by atoms with van der Waals surface area (Å²) in [7, 11) is -0.841. The van der Waals surface area contributed by atoms with E-state index in [4.69, 9.17) is 23.5 Å². The first-order valence-electron chi connectivity index (χ1n) is 16.9. The van der Waals surface area contributed by atoms with Gasteiger partial charge >= 0.3 is 5.97 Å². The molecule has 2 aromatic carbocycles. The fourth-order valence-electron chi connectivity index (χ4n) is 6.85. The lowest BCUT2D eigenvalue weighted by atomic mass is 9.89. The number of ether oxygens (including phenoxy) is 3. The van der Waals surface area contributed by atoms with Crippen LogP contribution in [0.5, 0.6) is 0 Å². The van der Waals surface area contributed by atoms with Gasteiger partial charge in [-0.05, 0) is 54.9 Å². The molecule has 9 nitrogen and oxygen atoms in total. The number of piperidine rings is 1. The van der Waals surface area contributed by atoms with Gasteiger partial charge in [-0.15, -0.1) is 0 Å². The first-order valence-corrected chi connectivity index (χ1v) is 19.0. The van der Waals surface area contributed by atoms with Crippen LogP contribution >= 0.6 is 0 Å². The van der Waals surface area contributed by atoms with Crippen LogP contribution in [-0.4, -0.2) is 74.5 Å². The normalized spacial score (nSPS) is 21.5. The predicted molar refractivity (Wildman–Crippen MR) is 185 cm³/mol. The summed E-state index contributed by atoms with van der Waals surface area (Å²) >= 11 is 0. The molecule has 0 radical (unpaired) electrons. The van der Waals surface area contributed by atoms with Gasteiger partial charge in [-0.3, -0.25) is 14.4 Å². The molecule has 3 rings (SSSR count). The maximum absolute atomic E-state index is 14.1. The summed E-state index contributed by atoms with van der Waals surface area (Å²) in [4.78, 5) is 33.0. The van der Waals surface area contributed by atoms with Crippen LogP contribution < -0.4 is 0 Å². The number of hydrogen-bond donors (Lipinski definition) is 1. The third kappa shape index (κ3) is 9.52. The SMILES string of the molecule is CON1C(=O)[C@H](OC(=O)C(C)(C)C)[C@@H](OCc2ccccc2)[C@H](OCc2ccccc2)C1[C@@H](O)CCO[Si](C(C)C)(C(C)C)C(C)C. The van der Waals surface area contributed by atoms with Crippen LogP contribution in [0.4, 0.5) is 0 Å². The molecule has 1 fully saturated rings. The quantitative estimate of drug-likeness (QED) is 0.153. The smallest absolute Gasteiger partial charge is 0.312 e. The largest absolute Gasteiger partial charge is 0.449 e. The van der Waals surface area contributed by atoms with E-state index in [1.54, 1.807) is 20.8 Å². The van der Waals surface area contributed by atoms with E-state index in [0.29, 0.717) is 23.2 Å². The maximum Gasteiger partial charge on any atom is 0.312 e. The Morgan fingerprint density at radius 2 is 1.30 bits per heavy atom. The lowest BCUT2D eigenvalue weighted by Gasteiger charge is -2.48. The van der Waals surface area contributed by atoms with Gasteiger partial charge in [0.15, 0.2) is 8.32 Å². The lowest BCUT2D eigenvalue weighted by molar-refractivity contribution is -0.272. The van der Waals surface area contributed by atoms with Gasteiger partial charge in [0.05, 0.1) is 31.8 Å². The first-order chi connectivity index (χ1) is 22.1. The fourth-order valence-corrected chi connectivity index (χ4v) is 12.3. The average molecular weight is 672 g/mol. The van der Waals surface area contributed by atoms with Crippen molar-refractivity contribution in [2.75, 3.05) is 13.7 Å². The van der Waals surface area contributed by atoms with Crippen molar-refractivity contribution in [2.45, 2.75) is 129 Å². The van der Waals surface area contributed by atoms with E-state index in [1.807, 2.05) is 60.7 Å². The van der Waals surface area contributed by atoms with Gasteiger partial charge < -0.3 is 23.7 Å². The molecule has 0 spiro atoms. The molecule has 10 heteroatoms. The minimum atomic E-state index is -2.21. The molecular weight excluding hydrogens is 614 g/mol. The Morgan fingerprint density at radius 1 is 0.830 bits per heavy atom. The van der Waals surface area contributed by atoms with E-state index in [9.17, 15) is 14.7 Å². The van der Waals surface area contributed by atoms with Crippen LogP contribution in [0.1, 0.15) is 79.9 Å². The Balaban J connectivity index is 2.02. The molecule has 262 valence electrons. The summed E-state index contributed by atoms with van der Waals surface area (Å²) in [5, 5.41) is 13.0. The monoisotopic (exact) mass is 671 g/mol. The van der Waals surface area contributed by atoms with Gasteiger partial charge in [-0.25, -0.2) is 5.06 Å². The Kier molecular flexibility index (Phi) is 14.2. The van der Waals surface area contributed by atoms with Crippen LogP contribution in [-0.2, 0) is 46.3 Å². The van der Waals surface area contributed by atoms with Gasteiger partial charge in [-0.1, -0.05) is 102 Å². The molecule has 1 unspecified atom stereocenters. The third-order valence-electron chi connectivity index (χ3n) is 9.17. The minimum Gasteiger partial charge on any atom is -0.449 e. The van der Waals surface area contributed by atoms with Crippen molar-refractivity contribution in [3.8, 4) is 0 Å². The number of benzene rings is 2. The molecule has 0 aliphatic carbocycles. The lowest BCUT2D eigenvalue weighted by Crippen LogP contribution is -2.69. The van der Waals surface area contributed by atoms with Crippen molar-refractivity contribution < 1.29 is 38.2 Å². The number of carbonyl (C=O) groups is 2. The van der Waals surface area contributed by atoms with E-state index >= 15 is 0 Å². The number of aliphatic hydroxyl groups is 1. The van der Waals surface area contributed by atoms with E-state index < -0.39 is 56.1 Å². The van der Waals surface area contributed by atoms with Crippen molar-refractivity contribution >= 4 is 20.2 Å². The molecule has 47 heavy (non-hydrogen) atoms. The number of nitrogens with zero attached hydrogens (tertiary/aromatic N) is 1. The highest BCUT2D eigenvalue weighted by molar-refractivity contribution is 6.77. The highest BCUT2D eigenvalue weighted by Gasteiger charge is 2.56. The van der Waals surface area contributed by atoms with Crippen LogP contribution in [0.3, 0.4) is 0 Å². The van der Waals surface area contributed by atoms with E-state index in [2.05, 4.69) is 41.5 Å². The summed E-state index contributed by atoms with van der Waals surface area (Å²) in [6.45, 7) is 19.1. The molecule has 0 aromatic heterocycles. The molecular formula is C37H57NO8Si. The third-order valence-corrected chi connectivity index (χ3v) is 15.3. The average Bonchev–Trinajstić information content (AvgIpc) is 3.02. The Labute approximate surface area is 283 Å². The predicted octanol–water partition coefficient (Wildman–Crippen LogP) is 6.83. The highest BCUT2D eigenvalue weighted by Crippen LogP contribution is 2.42. The topological polar surface area (TPSA) is 104 Å². The number of rotatable bonds is 16. The van der Waals surface area contributed by atoms with Crippen molar-refractivity contribution in [2.24, 2.45) is 5.41 Å². The summed E-state index contributed by atoms with van der Waals surface area (Å²) in [5.74, 6) is -1.19. The van der Waals surface area contributed by atoms with Gasteiger partial charge in [0.25, 0.3) is 5.91 Å². The minimum absolute atomic E-state index is 0.137. The number of hydrogen-bond acceptors (Lipinski definition) is 8. The Bertz CT molecular complexity index is 1230. The number of amides is 1. The summed E-state index contributed by atoms with van der Waals surface area (Å²) in [6.07, 6.45) is -4.19. The summed E-state index contributed by atoms with van der Waals surface area (Å²) in [6, 6.07) is 18.2. The molecule has 1 N–H and O–H groups in total. The highest BCUT2D eigenvalue weighted by atomic mass is 28.4. The Hall–Kier alpha value is -2.60. The fraction of sp³-hybridized carbons (Fsp3) is 0.622. The number of carbonyl (C=O) groups excluding carboxylic acids is 2. The second kappa shape index (κ2) is 17.2. The van der Waals surface area contributed by atoms with E-state index in [0.717, 1.165) is 16.2 Å². The molecule has 1 heterocycles. The maximum atomic E-state index is 14.1. The van der Waals surface area contributed by atoms with E-state index in [1.165, 1.54) is 7.11 Å². The molecule has 0 bridgehead atoms. The summed E-state index contributed by atoms with van der Waals surface area (Å²) in [5.41, 5.74) is 2.03. The molecule has 0 saturated carbocycles. The number of hydroxylamine groups is 2. The van der Waals surface area contributed by atoms with Crippen molar-refractivity contribution in [1.29, 1.82) is 0 Å². The molecule has 1 amide bonds. The number of esters is 1. The molecule has 1 aliphatic rings. The Morgan fingerprint density at radius 3 is 1.72 bits per heavy atom. The van der Waals surface area contributed by atoms with Gasteiger partial charge in [0, 0.05) is 6.61 Å². The number of aliphatic hydroxyl groups excluding tert-OH is 1. The standard InChI is InChI=1S/C37H57NO8Si/c1-25(2)47(26(3)4,27(5)6)45-22-21-30(39)31-32(43-23-28-17-13-11-14-18-28)33(44-24-29-19-15-12-16-20-29)34(35(40)38(31)42-10)46-36(41)37(7,8)9/h11-20,25-27,30-34,39H,21-24H2,1-10H3/t30-,31?,32+,33-,34+/m0/s1. The van der Waals surface area contributed by atoms with Crippen molar-refractivity contribution in [3.05, 3.63) is 71.8 Å². The molecule has 1 aliphatic heterocycles. The second-order valence-electron chi connectivity index (χ2n) is 14.5. The van der Waals surface area contributed by atoms with Gasteiger partial charge in [0.2, 0.25) is 6.10 Å². The first kappa shape index (κ1) is 38.8. The molecule has 5 atom stereocenters. The zero-order valence-corrected chi connectivity index (χ0v) is 31.0. The van der Waals surface area contributed by atoms with Crippen LogP contribution in [0.25, 0.3) is 0 Å². The second-order valence-corrected chi connectivity index (χ2v) is 19.9. The van der Waals surface area contributed by atoms with Crippen LogP contribution in [0.2, 0.25) is 16.6 Å². The zero-order valence-electron chi connectivity index (χ0n) is 30.0. The molecule has 1 saturated heterocycles.